The van der Waals surface area contributed by atoms with Gasteiger partial charge in [-0.25, -0.2) is 0 Å². The largest absolute Gasteiger partial charge is 0.504 e. The van der Waals surface area contributed by atoms with Crippen LogP contribution in [0.5, 0.6) is 0 Å². The highest BCUT2D eigenvalue weighted by atomic mass is 31.1. The summed E-state index contributed by atoms with van der Waals surface area (Å²) in [7, 11) is 0.133. The summed E-state index contributed by atoms with van der Waals surface area (Å²) in [6.45, 7) is 2.45. The van der Waals surface area contributed by atoms with Crippen molar-refractivity contribution in [2.75, 3.05) is 27.0 Å². The van der Waals surface area contributed by atoms with E-state index in [0.29, 0.717) is 13.2 Å². The predicted octanol–water partition coefficient (Wildman–Crippen LogP) is 3.57. The summed E-state index contributed by atoms with van der Waals surface area (Å²) < 4.78 is 19.5. The Morgan fingerprint density at radius 1 is 1.08 bits per heavy atom. The van der Waals surface area contributed by atoms with E-state index in [-0.39, 0.29) is 29.7 Å². The first kappa shape index (κ1) is 29.6. The minimum atomic E-state index is -1.44. The molecule has 0 saturated carbocycles. The highest BCUT2D eigenvalue weighted by Crippen LogP contribution is 2.13. The van der Waals surface area contributed by atoms with Crippen molar-refractivity contribution in [2.24, 2.45) is 0 Å². The first-order valence-electron chi connectivity index (χ1n) is 2.30. The van der Waals surface area contributed by atoms with Crippen LogP contribution >= 0.6 is 8.03 Å². The van der Waals surface area contributed by atoms with E-state index < -0.39 is 8.03 Å². The lowest BCUT2D eigenvalue weighted by atomic mass is 10.8. The molecule has 0 saturated heterocycles. The van der Waals surface area contributed by atoms with Crippen molar-refractivity contribution in [1.82, 2.24) is 0 Å². The molecule has 1 atom stereocenters. The molecule has 0 heterocycles. The van der Waals surface area contributed by atoms with Crippen molar-refractivity contribution in [3.05, 3.63) is 0 Å². The second-order valence-corrected chi connectivity index (χ2v) is 2.40. The normalized spacial score (nSPS) is 7.67. The number of ether oxygens (including phenoxy) is 1. The molecule has 12 heavy (non-hydrogen) atoms. The number of rotatable bonds is 4. The van der Waals surface area contributed by atoms with Crippen LogP contribution in [0, 0.1) is 0 Å². The molecule has 0 amide bonds. The Balaban J connectivity index is -0.0000000408. The van der Waals surface area contributed by atoms with Crippen molar-refractivity contribution in [1.29, 1.82) is 0 Å². The Kier molecular flexibility index (Phi) is 55.4. The van der Waals surface area contributed by atoms with Crippen molar-refractivity contribution in [2.45, 2.75) is 29.7 Å². The topological polar surface area (TPSA) is 35.5 Å². The molecule has 0 radical (unpaired) electrons. The first-order valence-corrected chi connectivity index (χ1v) is 3.92. The lowest BCUT2D eigenvalue weighted by Gasteiger charge is -1.87. The smallest absolute Gasteiger partial charge is 0.382 e. The van der Waals surface area contributed by atoms with Crippen molar-refractivity contribution >= 4 is 8.03 Å². The van der Waals surface area contributed by atoms with E-state index in [2.05, 4.69) is 9.26 Å². The molecule has 0 aliphatic heterocycles. The van der Waals surface area contributed by atoms with E-state index in [1.165, 1.54) is 6.66 Å². The lowest BCUT2D eigenvalue weighted by Crippen LogP contribution is -1.95. The third-order valence-corrected chi connectivity index (χ3v) is 1.11. The number of hydrogen-bond donors (Lipinski definition) is 0. The molecule has 1 unspecified atom stereocenters. The quantitative estimate of drug-likeness (QED) is 0.515. The molecule has 0 rings (SSSR count). The van der Waals surface area contributed by atoms with Gasteiger partial charge in [0.05, 0.1) is 6.61 Å². The zero-order valence-electron chi connectivity index (χ0n) is 5.09. The monoisotopic (exact) mass is 201 g/mol. The fourth-order valence-electron chi connectivity index (χ4n) is 0.249. The van der Waals surface area contributed by atoms with E-state index >= 15 is 0 Å². The second-order valence-electron chi connectivity index (χ2n) is 1.27. The van der Waals surface area contributed by atoms with Crippen LogP contribution in [0.15, 0.2) is 0 Å². The predicted molar refractivity (Wildman–Crippen MR) is 58.3 cm³/mol. The molecule has 0 spiro atoms. The molecular formula is C8H26O3P+. The maximum atomic E-state index is 10.2. The van der Waals surface area contributed by atoms with Gasteiger partial charge in [-0.1, -0.05) is 29.7 Å². The van der Waals surface area contributed by atoms with Gasteiger partial charge in [0.15, 0.2) is 6.66 Å². The molecule has 0 aliphatic carbocycles. The van der Waals surface area contributed by atoms with Crippen LogP contribution in [0.25, 0.3) is 0 Å². The van der Waals surface area contributed by atoms with Gasteiger partial charge in [-0.15, -0.1) is 4.52 Å². The standard InChI is InChI=1S/C4H10O3P.4CH4/c1-6-3-4-7-8(2)5;;;;/h3-4H2,1-2H3;4*1H4/q+1;;;;. The van der Waals surface area contributed by atoms with E-state index in [9.17, 15) is 4.57 Å². The van der Waals surface area contributed by atoms with Gasteiger partial charge in [-0.3, -0.25) is 0 Å². The summed E-state index contributed by atoms with van der Waals surface area (Å²) in [5.74, 6) is 0. The fourth-order valence-corrected chi connectivity index (χ4v) is 0.581. The van der Waals surface area contributed by atoms with Gasteiger partial charge in [0.1, 0.15) is 6.61 Å². The van der Waals surface area contributed by atoms with E-state index in [1.54, 1.807) is 7.11 Å². The number of hydrogen-bond acceptors (Lipinski definition) is 3. The van der Waals surface area contributed by atoms with Gasteiger partial charge in [0.2, 0.25) is 0 Å². The molecule has 0 aromatic heterocycles. The molecule has 0 aromatic rings. The van der Waals surface area contributed by atoms with Gasteiger partial charge in [-0.05, 0) is 4.57 Å². The van der Waals surface area contributed by atoms with Crippen LogP contribution in [0.2, 0.25) is 0 Å². The van der Waals surface area contributed by atoms with Crippen molar-refractivity contribution < 1.29 is 13.8 Å². The molecule has 0 fully saturated rings. The van der Waals surface area contributed by atoms with Gasteiger partial charge in [0.25, 0.3) is 0 Å². The highest BCUT2D eigenvalue weighted by molar-refractivity contribution is 7.38. The summed E-state index contributed by atoms with van der Waals surface area (Å²) >= 11 is 0. The molecule has 3 nitrogen and oxygen atoms in total. The van der Waals surface area contributed by atoms with E-state index in [0.717, 1.165) is 0 Å². The molecule has 0 aromatic carbocycles. The van der Waals surface area contributed by atoms with Gasteiger partial charge in [-0.2, -0.15) is 0 Å². The number of methoxy groups -OCH3 is 1. The van der Waals surface area contributed by atoms with E-state index in [4.69, 9.17) is 0 Å². The third kappa shape index (κ3) is 32.3. The summed E-state index contributed by atoms with van der Waals surface area (Å²) in [5, 5.41) is 0. The summed E-state index contributed by atoms with van der Waals surface area (Å²) in [5.41, 5.74) is 0. The summed E-state index contributed by atoms with van der Waals surface area (Å²) in [6.07, 6.45) is 0. The van der Waals surface area contributed by atoms with Gasteiger partial charge >= 0.3 is 8.03 Å². The van der Waals surface area contributed by atoms with Crippen LogP contribution in [0.1, 0.15) is 29.7 Å². The second kappa shape index (κ2) is 22.5. The Morgan fingerprint density at radius 3 is 1.75 bits per heavy atom. The van der Waals surface area contributed by atoms with Crippen molar-refractivity contribution in [3.63, 3.8) is 0 Å². The SMILES string of the molecule is C.C.C.C.COCCO[P+](C)=O. The Labute approximate surface area is 79.3 Å². The molecular weight excluding hydrogens is 175 g/mol. The zero-order valence-corrected chi connectivity index (χ0v) is 5.98. The maximum absolute atomic E-state index is 10.2. The third-order valence-electron chi connectivity index (χ3n) is 0.561. The fraction of sp³-hybridized carbons (Fsp3) is 1.00. The van der Waals surface area contributed by atoms with E-state index in [1.807, 2.05) is 0 Å². The molecule has 0 bridgehead atoms. The van der Waals surface area contributed by atoms with Gasteiger partial charge < -0.3 is 4.74 Å². The van der Waals surface area contributed by atoms with Crippen LogP contribution in [0.4, 0.5) is 0 Å². The average Bonchev–Trinajstić information content (AvgIpc) is 1.66. The molecule has 4 heteroatoms. The molecule has 0 aliphatic rings. The Hall–Kier alpha value is 0.0200. The van der Waals surface area contributed by atoms with Crippen LogP contribution < -0.4 is 0 Å². The van der Waals surface area contributed by atoms with Crippen LogP contribution in [-0.4, -0.2) is 27.0 Å². The lowest BCUT2D eigenvalue weighted by molar-refractivity contribution is 0.151. The van der Waals surface area contributed by atoms with Crippen molar-refractivity contribution in [3.8, 4) is 0 Å². The van der Waals surface area contributed by atoms with Crippen LogP contribution in [0.3, 0.4) is 0 Å². The molecule has 0 N–H and O–H groups in total. The maximum Gasteiger partial charge on any atom is 0.504 e. The van der Waals surface area contributed by atoms with Crippen LogP contribution in [-0.2, 0) is 13.8 Å². The Morgan fingerprint density at radius 2 is 1.50 bits per heavy atom. The Bertz CT molecular complexity index is 76.7. The highest BCUT2D eigenvalue weighted by Gasteiger charge is 2.03. The van der Waals surface area contributed by atoms with Gasteiger partial charge in [0, 0.05) is 7.11 Å². The summed E-state index contributed by atoms with van der Waals surface area (Å²) in [4.78, 5) is 0. The molecule has 80 valence electrons. The first-order chi connectivity index (χ1) is 3.77. The zero-order chi connectivity index (χ0) is 6.41. The minimum absolute atomic E-state index is 0. The minimum Gasteiger partial charge on any atom is -0.382 e. The summed E-state index contributed by atoms with van der Waals surface area (Å²) in [6, 6.07) is 0. The average molecular weight is 201 g/mol.